The zero-order valence-corrected chi connectivity index (χ0v) is 16.7. The summed E-state index contributed by atoms with van der Waals surface area (Å²) in [4.78, 5) is 4.33. The SMILES string of the molecule is OC(CC1c2ccccc2-c2cncn21)C1CCC(OCc2ccccc2)CC1. The second-order valence-corrected chi connectivity index (χ2v) is 8.43. The number of aliphatic hydroxyl groups is 1. The van der Waals surface area contributed by atoms with E-state index in [1.54, 1.807) is 0 Å². The summed E-state index contributed by atoms with van der Waals surface area (Å²) in [6.45, 7) is 0.682. The third-order valence-corrected chi connectivity index (χ3v) is 6.65. The molecule has 0 radical (unpaired) electrons. The van der Waals surface area contributed by atoms with Crippen LogP contribution in [0.15, 0.2) is 67.1 Å². The molecule has 2 unspecified atom stereocenters. The fourth-order valence-electron chi connectivity index (χ4n) is 5.02. The van der Waals surface area contributed by atoms with Gasteiger partial charge >= 0.3 is 0 Å². The normalized spacial score (nSPS) is 24.1. The first-order valence-electron chi connectivity index (χ1n) is 10.7. The van der Waals surface area contributed by atoms with Crippen molar-refractivity contribution in [3.05, 3.63) is 78.2 Å². The molecule has 1 aliphatic heterocycles. The molecular formula is C25H28N2O2. The minimum atomic E-state index is -0.295. The summed E-state index contributed by atoms with van der Waals surface area (Å²) in [5, 5.41) is 11.0. The van der Waals surface area contributed by atoms with Crippen molar-refractivity contribution in [2.24, 2.45) is 5.92 Å². The van der Waals surface area contributed by atoms with E-state index in [4.69, 9.17) is 4.74 Å². The van der Waals surface area contributed by atoms with Crippen LogP contribution in [0.25, 0.3) is 11.3 Å². The quantitative estimate of drug-likeness (QED) is 0.648. The van der Waals surface area contributed by atoms with Gasteiger partial charge in [0.05, 0.1) is 43.1 Å². The first-order valence-corrected chi connectivity index (χ1v) is 10.7. The van der Waals surface area contributed by atoms with E-state index in [1.165, 1.54) is 16.7 Å². The van der Waals surface area contributed by atoms with Gasteiger partial charge in [-0.3, -0.25) is 0 Å². The molecule has 2 aromatic carbocycles. The number of imidazole rings is 1. The first kappa shape index (κ1) is 18.6. The Bertz CT molecular complexity index is 944. The predicted molar refractivity (Wildman–Crippen MR) is 113 cm³/mol. The molecule has 0 saturated heterocycles. The number of nitrogens with zero attached hydrogens (tertiary/aromatic N) is 2. The summed E-state index contributed by atoms with van der Waals surface area (Å²) >= 11 is 0. The second-order valence-electron chi connectivity index (χ2n) is 8.43. The van der Waals surface area contributed by atoms with E-state index in [0.717, 1.165) is 37.8 Å². The van der Waals surface area contributed by atoms with Gasteiger partial charge in [-0.05, 0) is 49.1 Å². The van der Waals surface area contributed by atoms with Gasteiger partial charge in [0, 0.05) is 5.56 Å². The summed E-state index contributed by atoms with van der Waals surface area (Å²) in [5.41, 5.74) is 4.95. The number of hydrogen-bond acceptors (Lipinski definition) is 3. The van der Waals surface area contributed by atoms with Crippen molar-refractivity contribution in [1.82, 2.24) is 9.55 Å². The number of benzene rings is 2. The molecule has 4 nitrogen and oxygen atoms in total. The molecular weight excluding hydrogens is 360 g/mol. The van der Waals surface area contributed by atoms with Crippen molar-refractivity contribution in [2.45, 2.75) is 57.0 Å². The number of rotatable bonds is 6. The molecule has 0 bridgehead atoms. The summed E-state index contributed by atoms with van der Waals surface area (Å²) in [6, 6.07) is 19.1. The molecule has 1 saturated carbocycles. The minimum absolute atomic E-state index is 0.186. The topological polar surface area (TPSA) is 47.3 Å². The average Bonchev–Trinajstić information content (AvgIpc) is 3.36. The Kier molecular flexibility index (Phi) is 5.21. The molecule has 2 aliphatic rings. The van der Waals surface area contributed by atoms with E-state index in [1.807, 2.05) is 18.6 Å². The Morgan fingerprint density at radius 2 is 1.76 bits per heavy atom. The van der Waals surface area contributed by atoms with Gasteiger partial charge in [-0.2, -0.15) is 0 Å². The Labute approximate surface area is 172 Å². The van der Waals surface area contributed by atoms with Gasteiger partial charge in [-0.1, -0.05) is 54.6 Å². The van der Waals surface area contributed by atoms with Gasteiger partial charge in [0.1, 0.15) is 0 Å². The fraction of sp³-hybridized carbons (Fsp3) is 0.400. The third kappa shape index (κ3) is 3.75. The average molecular weight is 389 g/mol. The van der Waals surface area contributed by atoms with Crippen molar-refractivity contribution in [2.75, 3.05) is 0 Å². The van der Waals surface area contributed by atoms with Crippen LogP contribution < -0.4 is 0 Å². The highest BCUT2D eigenvalue weighted by Gasteiger charge is 2.33. The van der Waals surface area contributed by atoms with Crippen LogP contribution >= 0.6 is 0 Å². The summed E-state index contributed by atoms with van der Waals surface area (Å²) in [6.07, 6.45) is 8.74. The predicted octanol–water partition coefficient (Wildman–Crippen LogP) is 4.98. The number of fused-ring (bicyclic) bond motifs is 3. The van der Waals surface area contributed by atoms with E-state index in [9.17, 15) is 5.11 Å². The van der Waals surface area contributed by atoms with Gasteiger partial charge in [-0.25, -0.2) is 4.98 Å². The number of aliphatic hydroxyl groups excluding tert-OH is 1. The monoisotopic (exact) mass is 388 g/mol. The molecule has 2 heterocycles. The van der Waals surface area contributed by atoms with Gasteiger partial charge < -0.3 is 14.4 Å². The maximum atomic E-state index is 11.0. The van der Waals surface area contributed by atoms with E-state index in [2.05, 4.69) is 58.1 Å². The molecule has 150 valence electrons. The lowest BCUT2D eigenvalue weighted by Crippen LogP contribution is -2.30. The highest BCUT2D eigenvalue weighted by Crippen LogP contribution is 2.42. The number of hydrogen-bond donors (Lipinski definition) is 1. The van der Waals surface area contributed by atoms with Crippen molar-refractivity contribution in [3.8, 4) is 11.3 Å². The zero-order chi connectivity index (χ0) is 19.6. The van der Waals surface area contributed by atoms with Gasteiger partial charge in [-0.15, -0.1) is 0 Å². The molecule has 1 N–H and O–H groups in total. The summed E-state index contributed by atoms with van der Waals surface area (Å²) in [7, 11) is 0. The summed E-state index contributed by atoms with van der Waals surface area (Å²) in [5.74, 6) is 0.353. The zero-order valence-electron chi connectivity index (χ0n) is 16.7. The molecule has 4 heteroatoms. The Hall–Kier alpha value is -2.43. The Morgan fingerprint density at radius 1 is 1.00 bits per heavy atom. The molecule has 2 atom stereocenters. The number of aromatic nitrogens is 2. The molecule has 0 amide bonds. The van der Waals surface area contributed by atoms with E-state index in [-0.39, 0.29) is 12.1 Å². The van der Waals surface area contributed by atoms with E-state index >= 15 is 0 Å². The van der Waals surface area contributed by atoms with Crippen molar-refractivity contribution in [3.63, 3.8) is 0 Å². The molecule has 1 fully saturated rings. The summed E-state index contributed by atoms with van der Waals surface area (Å²) < 4.78 is 8.34. The van der Waals surface area contributed by atoms with Crippen molar-refractivity contribution < 1.29 is 9.84 Å². The van der Waals surface area contributed by atoms with E-state index in [0.29, 0.717) is 18.6 Å². The maximum Gasteiger partial charge on any atom is 0.0956 e. The van der Waals surface area contributed by atoms with Gasteiger partial charge in [0.15, 0.2) is 0 Å². The Balaban J connectivity index is 1.17. The van der Waals surface area contributed by atoms with Crippen LogP contribution in [0.2, 0.25) is 0 Å². The molecule has 29 heavy (non-hydrogen) atoms. The molecule has 1 aliphatic carbocycles. The lowest BCUT2D eigenvalue weighted by molar-refractivity contribution is -0.0160. The molecule has 3 aromatic rings. The standard InChI is InChI=1S/C25H28N2O2/c28-25(14-23-21-8-4-5-9-22(21)24-15-26-17-27(23)24)19-10-12-20(13-11-19)29-16-18-6-2-1-3-7-18/h1-9,15,17,19-20,23,25,28H,10-14,16H2. The first-order chi connectivity index (χ1) is 14.3. The minimum Gasteiger partial charge on any atom is -0.393 e. The third-order valence-electron chi connectivity index (χ3n) is 6.65. The van der Waals surface area contributed by atoms with Crippen molar-refractivity contribution in [1.29, 1.82) is 0 Å². The lowest BCUT2D eigenvalue weighted by atomic mass is 9.81. The Morgan fingerprint density at radius 3 is 2.59 bits per heavy atom. The second kappa shape index (κ2) is 8.13. The van der Waals surface area contributed by atoms with Crippen LogP contribution in [-0.2, 0) is 11.3 Å². The maximum absolute atomic E-state index is 11.0. The van der Waals surface area contributed by atoms with Crippen LogP contribution in [0.5, 0.6) is 0 Å². The molecule has 0 spiro atoms. The van der Waals surface area contributed by atoms with Crippen LogP contribution in [-0.4, -0.2) is 26.9 Å². The van der Waals surface area contributed by atoms with Gasteiger partial charge in [0.25, 0.3) is 0 Å². The number of ether oxygens (including phenoxy) is 1. The molecule has 5 rings (SSSR count). The van der Waals surface area contributed by atoms with Crippen molar-refractivity contribution >= 4 is 0 Å². The molecule has 1 aromatic heterocycles. The van der Waals surface area contributed by atoms with Crippen LogP contribution in [0, 0.1) is 5.92 Å². The van der Waals surface area contributed by atoms with Crippen LogP contribution in [0.1, 0.15) is 49.3 Å². The van der Waals surface area contributed by atoms with Crippen LogP contribution in [0.4, 0.5) is 0 Å². The highest BCUT2D eigenvalue weighted by atomic mass is 16.5. The van der Waals surface area contributed by atoms with Gasteiger partial charge in [0.2, 0.25) is 0 Å². The smallest absolute Gasteiger partial charge is 0.0956 e. The largest absolute Gasteiger partial charge is 0.393 e. The van der Waals surface area contributed by atoms with E-state index < -0.39 is 0 Å². The highest BCUT2D eigenvalue weighted by molar-refractivity contribution is 5.68. The fourth-order valence-corrected chi connectivity index (χ4v) is 5.02. The lowest BCUT2D eigenvalue weighted by Gasteiger charge is -2.32. The van der Waals surface area contributed by atoms with Crippen LogP contribution in [0.3, 0.4) is 0 Å².